The number of anilines is 1. The Labute approximate surface area is 186 Å². The van der Waals surface area contributed by atoms with Crippen LogP contribution in [0.2, 0.25) is 0 Å². The maximum absolute atomic E-state index is 13.5. The van der Waals surface area contributed by atoms with Crippen LogP contribution in [0.3, 0.4) is 0 Å². The maximum Gasteiger partial charge on any atom is 0.270 e. The van der Waals surface area contributed by atoms with Gasteiger partial charge in [0, 0.05) is 41.6 Å². The predicted molar refractivity (Wildman–Crippen MR) is 127 cm³/mol. The van der Waals surface area contributed by atoms with Crippen LogP contribution in [0.5, 0.6) is 5.75 Å². The first-order chi connectivity index (χ1) is 15.3. The molecule has 3 aromatic carbocycles. The average Bonchev–Trinajstić information content (AvgIpc) is 3.13. The van der Waals surface area contributed by atoms with Crippen molar-refractivity contribution in [3.63, 3.8) is 0 Å². The van der Waals surface area contributed by atoms with Crippen molar-refractivity contribution in [3.05, 3.63) is 80.9 Å². The van der Waals surface area contributed by atoms with Crippen molar-refractivity contribution >= 4 is 34.1 Å². The van der Waals surface area contributed by atoms with E-state index >= 15 is 0 Å². The summed E-state index contributed by atoms with van der Waals surface area (Å²) in [5, 5.41) is 23.6. The van der Waals surface area contributed by atoms with E-state index in [4.69, 9.17) is 0 Å². The molecule has 1 aliphatic rings. The van der Waals surface area contributed by atoms with E-state index in [0.717, 1.165) is 40.4 Å². The Kier molecular flexibility index (Phi) is 5.70. The van der Waals surface area contributed by atoms with Gasteiger partial charge in [-0.1, -0.05) is 43.7 Å². The van der Waals surface area contributed by atoms with Gasteiger partial charge in [0.1, 0.15) is 5.75 Å². The van der Waals surface area contributed by atoms with Crippen LogP contribution in [0.25, 0.3) is 16.8 Å². The lowest BCUT2D eigenvalue weighted by molar-refractivity contribution is -0.384. The number of nitro benzene ring substituents is 1. The van der Waals surface area contributed by atoms with Crippen LogP contribution in [-0.2, 0) is 4.79 Å². The minimum absolute atomic E-state index is 0.00646. The monoisotopic (exact) mass is 430 g/mol. The van der Waals surface area contributed by atoms with Gasteiger partial charge < -0.3 is 10.0 Å². The van der Waals surface area contributed by atoms with E-state index in [9.17, 15) is 20.0 Å². The number of amides is 1. The number of aromatic hydroxyl groups is 1. The predicted octanol–water partition coefficient (Wildman–Crippen LogP) is 6.10. The third-order valence-corrected chi connectivity index (χ3v) is 6.21. The minimum atomic E-state index is -0.437. The molecule has 4 rings (SSSR count). The molecule has 1 N–H and O–H groups in total. The zero-order valence-electron chi connectivity index (χ0n) is 18.5. The van der Waals surface area contributed by atoms with Gasteiger partial charge in [-0.15, -0.1) is 0 Å². The number of phenols is 1. The summed E-state index contributed by atoms with van der Waals surface area (Å²) in [6.45, 7) is 6.27. The molecule has 1 aliphatic heterocycles. The van der Waals surface area contributed by atoms with Crippen LogP contribution in [0.1, 0.15) is 49.3 Å². The second kappa shape index (κ2) is 8.46. The number of non-ortho nitro benzene ring substituents is 1. The smallest absolute Gasteiger partial charge is 0.270 e. The minimum Gasteiger partial charge on any atom is -0.507 e. The SMILES string of the molecule is CCC[C@@H]1CN(C(=O)/C(C)=C/c2cc([N+](=O)[O-])ccc2C)c2cc(O)c3ccccc3c21. The number of carbonyl (C=O) groups is 1. The molecule has 1 heterocycles. The molecule has 0 saturated carbocycles. The zero-order valence-corrected chi connectivity index (χ0v) is 18.5. The molecular formula is C26H26N2O4. The van der Waals surface area contributed by atoms with Gasteiger partial charge in [0.15, 0.2) is 0 Å². The highest BCUT2D eigenvalue weighted by Gasteiger charge is 2.34. The van der Waals surface area contributed by atoms with Gasteiger partial charge in [0.25, 0.3) is 11.6 Å². The normalized spacial score (nSPS) is 15.8. The lowest BCUT2D eigenvalue weighted by atomic mass is 9.91. The summed E-state index contributed by atoms with van der Waals surface area (Å²) >= 11 is 0. The molecule has 0 fully saturated rings. The average molecular weight is 431 g/mol. The molecule has 0 spiro atoms. The quantitative estimate of drug-likeness (QED) is 0.301. The molecule has 0 saturated heterocycles. The molecule has 0 radical (unpaired) electrons. The Morgan fingerprint density at radius 3 is 2.62 bits per heavy atom. The number of hydrogen-bond acceptors (Lipinski definition) is 4. The van der Waals surface area contributed by atoms with Crippen molar-refractivity contribution in [1.82, 2.24) is 0 Å². The number of hydrogen-bond donors (Lipinski definition) is 1. The number of fused-ring (bicyclic) bond motifs is 3. The van der Waals surface area contributed by atoms with E-state index in [2.05, 4.69) is 6.92 Å². The molecule has 6 nitrogen and oxygen atoms in total. The molecule has 0 aliphatic carbocycles. The second-order valence-corrected chi connectivity index (χ2v) is 8.40. The van der Waals surface area contributed by atoms with Crippen LogP contribution >= 0.6 is 0 Å². The number of rotatable bonds is 5. The Hall–Kier alpha value is -3.67. The van der Waals surface area contributed by atoms with E-state index in [-0.39, 0.29) is 23.3 Å². The van der Waals surface area contributed by atoms with Gasteiger partial charge in [-0.25, -0.2) is 0 Å². The highest BCUT2D eigenvalue weighted by atomic mass is 16.6. The first-order valence-electron chi connectivity index (χ1n) is 10.8. The molecule has 6 heteroatoms. The van der Waals surface area contributed by atoms with Crippen LogP contribution in [0.4, 0.5) is 11.4 Å². The molecule has 1 atom stereocenters. The van der Waals surface area contributed by atoms with Crippen molar-refractivity contribution in [2.24, 2.45) is 0 Å². The molecule has 1 amide bonds. The van der Waals surface area contributed by atoms with Crippen LogP contribution in [-0.4, -0.2) is 22.5 Å². The van der Waals surface area contributed by atoms with E-state index in [0.29, 0.717) is 17.7 Å². The summed E-state index contributed by atoms with van der Waals surface area (Å²) in [6.07, 6.45) is 3.64. The number of carbonyl (C=O) groups excluding carboxylic acids is 1. The molecule has 3 aromatic rings. The fourth-order valence-electron chi connectivity index (χ4n) is 4.61. The highest BCUT2D eigenvalue weighted by Crippen LogP contribution is 2.46. The molecular weight excluding hydrogens is 404 g/mol. The van der Waals surface area contributed by atoms with Gasteiger partial charge in [-0.3, -0.25) is 14.9 Å². The van der Waals surface area contributed by atoms with Gasteiger partial charge in [0.05, 0.1) is 10.6 Å². The van der Waals surface area contributed by atoms with E-state index < -0.39 is 4.92 Å². The standard InChI is InChI=1S/C26H26N2O4/c1-4-7-18-15-27(23-14-24(29)21-8-5-6-9-22(21)25(18)23)26(30)17(3)12-19-13-20(28(31)32)11-10-16(19)2/h5-6,8-14,18,29H,4,7,15H2,1-3H3/b17-12+/t18-/m1/s1. The van der Waals surface area contributed by atoms with Crippen molar-refractivity contribution < 1.29 is 14.8 Å². The lowest BCUT2D eigenvalue weighted by Gasteiger charge is -2.19. The van der Waals surface area contributed by atoms with Gasteiger partial charge in [0.2, 0.25) is 0 Å². The lowest BCUT2D eigenvalue weighted by Crippen LogP contribution is -2.30. The number of aryl methyl sites for hydroxylation is 1. The first kappa shape index (κ1) is 21.6. The topological polar surface area (TPSA) is 83.7 Å². The Morgan fingerprint density at radius 1 is 1.22 bits per heavy atom. The molecule has 32 heavy (non-hydrogen) atoms. The zero-order chi connectivity index (χ0) is 23.0. The number of phenolic OH excluding ortho intramolecular Hbond substituents is 1. The Bertz CT molecular complexity index is 1260. The summed E-state index contributed by atoms with van der Waals surface area (Å²) in [7, 11) is 0. The van der Waals surface area contributed by atoms with Crippen molar-refractivity contribution in [3.8, 4) is 5.75 Å². The van der Waals surface area contributed by atoms with Gasteiger partial charge in [-0.2, -0.15) is 0 Å². The first-order valence-corrected chi connectivity index (χ1v) is 10.8. The van der Waals surface area contributed by atoms with Crippen LogP contribution in [0.15, 0.2) is 54.1 Å². The highest BCUT2D eigenvalue weighted by molar-refractivity contribution is 6.11. The van der Waals surface area contributed by atoms with Crippen molar-refractivity contribution in [2.45, 2.75) is 39.5 Å². The van der Waals surface area contributed by atoms with E-state index in [1.54, 1.807) is 30.0 Å². The second-order valence-electron chi connectivity index (χ2n) is 8.40. The molecule has 0 unspecified atom stereocenters. The molecule has 0 bridgehead atoms. The molecule has 164 valence electrons. The number of nitro groups is 1. The van der Waals surface area contributed by atoms with Crippen LogP contribution in [0, 0.1) is 17.0 Å². The van der Waals surface area contributed by atoms with Gasteiger partial charge in [-0.05, 0) is 48.4 Å². The van der Waals surface area contributed by atoms with Crippen LogP contribution < -0.4 is 4.90 Å². The van der Waals surface area contributed by atoms with Crippen molar-refractivity contribution in [2.75, 3.05) is 11.4 Å². The summed E-state index contributed by atoms with van der Waals surface area (Å²) < 4.78 is 0. The van der Waals surface area contributed by atoms with Gasteiger partial charge >= 0.3 is 0 Å². The summed E-state index contributed by atoms with van der Waals surface area (Å²) in [4.78, 5) is 25.9. The molecule has 0 aromatic heterocycles. The third-order valence-electron chi connectivity index (χ3n) is 6.21. The summed E-state index contributed by atoms with van der Waals surface area (Å²) in [5.74, 6) is 0.188. The summed E-state index contributed by atoms with van der Waals surface area (Å²) in [6, 6.07) is 14.1. The van der Waals surface area contributed by atoms with Crippen molar-refractivity contribution in [1.29, 1.82) is 0 Å². The fourth-order valence-corrected chi connectivity index (χ4v) is 4.61. The number of benzene rings is 3. The maximum atomic E-state index is 13.5. The fraction of sp³-hybridized carbons (Fsp3) is 0.269. The van der Waals surface area contributed by atoms with E-state index in [1.165, 1.54) is 12.1 Å². The Balaban J connectivity index is 1.77. The summed E-state index contributed by atoms with van der Waals surface area (Å²) in [5.41, 5.74) is 3.84. The van der Waals surface area contributed by atoms with E-state index in [1.807, 2.05) is 31.2 Å². The Morgan fingerprint density at radius 2 is 1.94 bits per heavy atom. The largest absolute Gasteiger partial charge is 0.507 e. The third kappa shape index (κ3) is 3.73. The number of nitrogens with zero attached hydrogens (tertiary/aromatic N) is 2.